The minimum Gasteiger partial charge on any atom is -0.487 e. The lowest BCUT2D eigenvalue weighted by Gasteiger charge is -2.08. The Morgan fingerprint density at radius 3 is 2.81 bits per heavy atom. The Kier molecular flexibility index (Phi) is 6.71. The van der Waals surface area contributed by atoms with Gasteiger partial charge >= 0.3 is 0 Å². The van der Waals surface area contributed by atoms with E-state index in [1.807, 2.05) is 54.8 Å². The largest absolute Gasteiger partial charge is 0.487 e. The Hall–Kier alpha value is -2.99. The Bertz CT molecular complexity index is 907. The molecule has 0 spiro atoms. The number of rotatable bonds is 8. The van der Waals surface area contributed by atoms with E-state index < -0.39 is 0 Å². The molecule has 5 nitrogen and oxygen atoms in total. The molecule has 0 aliphatic rings. The molecule has 0 bridgehead atoms. The first kappa shape index (κ1) is 18.8. The van der Waals surface area contributed by atoms with E-state index in [1.165, 1.54) is 6.08 Å². The van der Waals surface area contributed by atoms with E-state index in [0.29, 0.717) is 19.6 Å². The van der Waals surface area contributed by atoms with Crippen molar-refractivity contribution >= 4 is 23.3 Å². The molecule has 0 unspecified atom stereocenters. The number of para-hydroxylation sites is 1. The molecule has 1 amide bonds. The Balaban J connectivity index is 1.52. The number of nitrogens with one attached hydrogen (secondary N) is 1. The molecule has 3 rings (SSSR count). The predicted molar refractivity (Wildman–Crippen MR) is 108 cm³/mol. The van der Waals surface area contributed by atoms with Crippen LogP contribution in [0.3, 0.4) is 0 Å². The SMILES string of the molecule is Cc1nc(COc2ccccc2/C=C/C(=O)NCCc2ccccn2)cs1. The van der Waals surface area contributed by atoms with Crippen LogP contribution in [-0.4, -0.2) is 22.4 Å². The van der Waals surface area contributed by atoms with Gasteiger partial charge < -0.3 is 10.1 Å². The Morgan fingerprint density at radius 2 is 2.04 bits per heavy atom. The van der Waals surface area contributed by atoms with Crippen LogP contribution in [0.15, 0.2) is 60.1 Å². The molecule has 2 aromatic heterocycles. The van der Waals surface area contributed by atoms with E-state index in [0.717, 1.165) is 27.7 Å². The van der Waals surface area contributed by atoms with Crippen molar-refractivity contribution in [2.75, 3.05) is 6.54 Å². The summed E-state index contributed by atoms with van der Waals surface area (Å²) in [6, 6.07) is 13.4. The third-order valence-electron chi connectivity index (χ3n) is 3.78. The van der Waals surface area contributed by atoms with Gasteiger partial charge in [0.1, 0.15) is 12.4 Å². The summed E-state index contributed by atoms with van der Waals surface area (Å²) < 4.78 is 5.86. The zero-order valence-corrected chi connectivity index (χ0v) is 15.9. The number of pyridine rings is 1. The molecule has 3 aromatic rings. The quantitative estimate of drug-likeness (QED) is 0.605. The van der Waals surface area contributed by atoms with Crippen molar-refractivity contribution in [3.8, 4) is 5.75 Å². The number of thiazole rings is 1. The number of ether oxygens (including phenoxy) is 1. The van der Waals surface area contributed by atoms with Gasteiger partial charge in [0.2, 0.25) is 5.91 Å². The van der Waals surface area contributed by atoms with Gasteiger partial charge in [-0.05, 0) is 31.2 Å². The fourth-order valence-corrected chi connectivity index (χ4v) is 3.06. The summed E-state index contributed by atoms with van der Waals surface area (Å²) in [5.41, 5.74) is 2.71. The molecule has 1 aromatic carbocycles. The van der Waals surface area contributed by atoms with Crippen molar-refractivity contribution in [1.82, 2.24) is 15.3 Å². The van der Waals surface area contributed by atoms with Crippen LogP contribution in [0.4, 0.5) is 0 Å². The fraction of sp³-hybridized carbons (Fsp3) is 0.190. The summed E-state index contributed by atoms with van der Waals surface area (Å²) in [6.07, 6.45) is 5.74. The summed E-state index contributed by atoms with van der Waals surface area (Å²) in [6.45, 7) is 2.92. The van der Waals surface area contributed by atoms with Crippen LogP contribution >= 0.6 is 11.3 Å². The van der Waals surface area contributed by atoms with E-state index in [9.17, 15) is 4.79 Å². The molecule has 0 aliphatic heterocycles. The van der Waals surface area contributed by atoms with E-state index in [1.54, 1.807) is 23.6 Å². The fourth-order valence-electron chi connectivity index (χ4n) is 2.46. The van der Waals surface area contributed by atoms with Crippen LogP contribution in [0, 0.1) is 6.92 Å². The van der Waals surface area contributed by atoms with Crippen molar-refractivity contribution in [2.24, 2.45) is 0 Å². The third-order valence-corrected chi connectivity index (χ3v) is 4.60. The normalized spacial score (nSPS) is 10.9. The zero-order chi connectivity index (χ0) is 18.9. The third kappa shape index (κ3) is 6.04. The summed E-state index contributed by atoms with van der Waals surface area (Å²) >= 11 is 1.60. The van der Waals surface area contributed by atoms with Crippen LogP contribution in [0.25, 0.3) is 6.08 Å². The van der Waals surface area contributed by atoms with Gasteiger partial charge in [0.05, 0.1) is 10.7 Å². The van der Waals surface area contributed by atoms with E-state index in [4.69, 9.17) is 4.74 Å². The van der Waals surface area contributed by atoms with Crippen molar-refractivity contribution in [3.63, 3.8) is 0 Å². The molecular weight excluding hydrogens is 358 g/mol. The zero-order valence-electron chi connectivity index (χ0n) is 15.1. The maximum absolute atomic E-state index is 12.0. The monoisotopic (exact) mass is 379 g/mol. The standard InChI is InChI=1S/C21H21N3O2S/c1-16-24-19(15-27-16)14-26-20-8-3-2-6-17(20)9-10-21(25)23-13-11-18-7-4-5-12-22-18/h2-10,12,15H,11,13-14H2,1H3,(H,23,25)/b10-9+. The van der Waals surface area contributed by atoms with Crippen LogP contribution in [0.5, 0.6) is 5.75 Å². The van der Waals surface area contributed by atoms with Crippen LogP contribution in [0.2, 0.25) is 0 Å². The molecule has 0 atom stereocenters. The molecule has 0 radical (unpaired) electrons. The number of benzene rings is 1. The maximum Gasteiger partial charge on any atom is 0.244 e. The second kappa shape index (κ2) is 9.64. The van der Waals surface area contributed by atoms with Gasteiger partial charge in [0, 0.05) is 41.9 Å². The van der Waals surface area contributed by atoms with Gasteiger partial charge in [-0.3, -0.25) is 9.78 Å². The molecular formula is C21H21N3O2S. The smallest absolute Gasteiger partial charge is 0.244 e. The van der Waals surface area contributed by atoms with Crippen LogP contribution in [0.1, 0.15) is 22.0 Å². The van der Waals surface area contributed by atoms with Crippen LogP contribution < -0.4 is 10.1 Å². The first-order valence-electron chi connectivity index (χ1n) is 8.69. The summed E-state index contributed by atoms with van der Waals surface area (Å²) in [4.78, 5) is 20.7. The molecule has 0 saturated carbocycles. The first-order chi connectivity index (χ1) is 13.2. The Labute approximate surface area is 162 Å². The molecule has 27 heavy (non-hydrogen) atoms. The molecule has 2 heterocycles. The highest BCUT2D eigenvalue weighted by molar-refractivity contribution is 7.09. The van der Waals surface area contributed by atoms with Crippen molar-refractivity contribution in [1.29, 1.82) is 0 Å². The van der Waals surface area contributed by atoms with Gasteiger partial charge in [-0.2, -0.15) is 0 Å². The maximum atomic E-state index is 12.0. The second-order valence-corrected chi connectivity index (χ2v) is 6.94. The summed E-state index contributed by atoms with van der Waals surface area (Å²) in [5, 5.41) is 5.87. The predicted octanol–water partition coefficient (Wildman–Crippen LogP) is 3.80. The van der Waals surface area contributed by atoms with Gasteiger partial charge in [0.25, 0.3) is 0 Å². The van der Waals surface area contributed by atoms with E-state index in [2.05, 4.69) is 15.3 Å². The average molecular weight is 379 g/mol. The second-order valence-electron chi connectivity index (χ2n) is 5.88. The van der Waals surface area contributed by atoms with Crippen molar-refractivity contribution in [3.05, 3.63) is 82.1 Å². The van der Waals surface area contributed by atoms with Gasteiger partial charge in [-0.1, -0.05) is 24.3 Å². The number of aromatic nitrogens is 2. The number of hydrogen-bond donors (Lipinski definition) is 1. The lowest BCUT2D eigenvalue weighted by Crippen LogP contribution is -2.23. The van der Waals surface area contributed by atoms with Gasteiger partial charge in [0.15, 0.2) is 0 Å². The molecule has 1 N–H and O–H groups in total. The highest BCUT2D eigenvalue weighted by atomic mass is 32.1. The molecule has 138 valence electrons. The number of carbonyl (C=O) groups is 1. The Morgan fingerprint density at radius 1 is 1.19 bits per heavy atom. The van der Waals surface area contributed by atoms with Gasteiger partial charge in [-0.15, -0.1) is 11.3 Å². The highest BCUT2D eigenvalue weighted by Gasteiger charge is 2.04. The minimum atomic E-state index is -0.143. The molecule has 0 fully saturated rings. The number of carbonyl (C=O) groups excluding carboxylic acids is 1. The van der Waals surface area contributed by atoms with Crippen molar-refractivity contribution in [2.45, 2.75) is 20.0 Å². The number of nitrogens with zero attached hydrogens (tertiary/aromatic N) is 2. The average Bonchev–Trinajstić information content (AvgIpc) is 3.11. The topological polar surface area (TPSA) is 64.1 Å². The van der Waals surface area contributed by atoms with E-state index >= 15 is 0 Å². The summed E-state index contributed by atoms with van der Waals surface area (Å²) in [5.74, 6) is 0.580. The highest BCUT2D eigenvalue weighted by Crippen LogP contribution is 2.21. The molecule has 0 aliphatic carbocycles. The summed E-state index contributed by atoms with van der Waals surface area (Å²) in [7, 11) is 0. The van der Waals surface area contributed by atoms with Crippen LogP contribution in [-0.2, 0) is 17.8 Å². The lowest BCUT2D eigenvalue weighted by atomic mass is 10.2. The minimum absolute atomic E-state index is 0.143. The number of hydrogen-bond acceptors (Lipinski definition) is 5. The first-order valence-corrected chi connectivity index (χ1v) is 9.57. The molecule has 0 saturated heterocycles. The van der Waals surface area contributed by atoms with Crippen molar-refractivity contribution < 1.29 is 9.53 Å². The van der Waals surface area contributed by atoms with E-state index in [-0.39, 0.29) is 5.91 Å². The lowest BCUT2D eigenvalue weighted by molar-refractivity contribution is -0.116. The number of amides is 1. The van der Waals surface area contributed by atoms with Gasteiger partial charge in [-0.25, -0.2) is 4.98 Å². The number of aryl methyl sites for hydroxylation is 1. The molecule has 6 heteroatoms.